The van der Waals surface area contributed by atoms with Crippen LogP contribution in [0.2, 0.25) is 0 Å². The van der Waals surface area contributed by atoms with Gasteiger partial charge < -0.3 is 14.7 Å². The summed E-state index contributed by atoms with van der Waals surface area (Å²) in [6, 6.07) is 6.74. The number of carbonyl (C=O) groups is 2. The second kappa shape index (κ2) is 5.53. The van der Waals surface area contributed by atoms with Gasteiger partial charge in [0.1, 0.15) is 11.3 Å². The maximum Gasteiger partial charge on any atom is 0.329 e. The van der Waals surface area contributed by atoms with Crippen molar-refractivity contribution in [1.82, 2.24) is 4.90 Å². The average Bonchev–Trinajstić information content (AvgIpc) is 2.47. The number of benzene rings is 1. The average molecular weight is 277 g/mol. The molecule has 2 rings (SSSR count). The Morgan fingerprint density at radius 1 is 1.25 bits per heavy atom. The summed E-state index contributed by atoms with van der Waals surface area (Å²) < 4.78 is 5.05. The molecule has 0 saturated carbocycles. The largest absolute Gasteiger partial charge is 0.497 e. The van der Waals surface area contributed by atoms with E-state index in [0.717, 1.165) is 12.8 Å². The van der Waals surface area contributed by atoms with Crippen LogP contribution in [0.3, 0.4) is 0 Å². The molecular formula is C15H19NO4. The lowest BCUT2D eigenvalue weighted by Crippen LogP contribution is -2.57. The molecule has 1 heterocycles. The maximum absolute atomic E-state index is 12.5. The van der Waals surface area contributed by atoms with Gasteiger partial charge in [0, 0.05) is 12.1 Å². The van der Waals surface area contributed by atoms with Gasteiger partial charge in [0.2, 0.25) is 0 Å². The van der Waals surface area contributed by atoms with E-state index in [1.807, 2.05) is 0 Å². The van der Waals surface area contributed by atoms with E-state index in [1.165, 1.54) is 4.90 Å². The molecule has 1 aliphatic rings. The number of ether oxygens (including phenoxy) is 1. The molecule has 1 aromatic carbocycles. The molecule has 0 spiro atoms. The number of methoxy groups -OCH3 is 1. The van der Waals surface area contributed by atoms with Crippen molar-refractivity contribution in [2.45, 2.75) is 31.7 Å². The number of nitrogens with zero attached hydrogens (tertiary/aromatic N) is 1. The molecule has 1 N–H and O–H groups in total. The van der Waals surface area contributed by atoms with Crippen LogP contribution in [0.25, 0.3) is 0 Å². The predicted molar refractivity (Wildman–Crippen MR) is 73.9 cm³/mol. The Hall–Kier alpha value is -2.04. The van der Waals surface area contributed by atoms with Gasteiger partial charge in [-0.05, 0) is 50.5 Å². The van der Waals surface area contributed by atoms with Gasteiger partial charge in [0.15, 0.2) is 0 Å². The summed E-state index contributed by atoms with van der Waals surface area (Å²) in [4.78, 5) is 25.5. The highest BCUT2D eigenvalue weighted by atomic mass is 16.5. The molecule has 0 aromatic heterocycles. The number of likely N-dealkylation sites (tertiary alicyclic amines) is 1. The molecule has 5 nitrogen and oxygen atoms in total. The van der Waals surface area contributed by atoms with Gasteiger partial charge in [-0.15, -0.1) is 0 Å². The number of hydrogen-bond acceptors (Lipinski definition) is 3. The maximum atomic E-state index is 12.5. The predicted octanol–water partition coefficient (Wildman–Crippen LogP) is 2.16. The fourth-order valence-electron chi connectivity index (χ4n) is 2.56. The summed E-state index contributed by atoms with van der Waals surface area (Å²) in [5.74, 6) is -0.516. The van der Waals surface area contributed by atoms with Crippen LogP contribution in [0.15, 0.2) is 24.3 Å². The summed E-state index contributed by atoms with van der Waals surface area (Å²) in [5, 5.41) is 9.43. The summed E-state index contributed by atoms with van der Waals surface area (Å²) >= 11 is 0. The van der Waals surface area contributed by atoms with Gasteiger partial charge in [0.05, 0.1) is 7.11 Å². The van der Waals surface area contributed by atoms with Crippen LogP contribution >= 0.6 is 0 Å². The van der Waals surface area contributed by atoms with E-state index < -0.39 is 11.5 Å². The Morgan fingerprint density at radius 2 is 1.90 bits per heavy atom. The van der Waals surface area contributed by atoms with Gasteiger partial charge in [0.25, 0.3) is 5.91 Å². The smallest absolute Gasteiger partial charge is 0.329 e. The monoisotopic (exact) mass is 277 g/mol. The van der Waals surface area contributed by atoms with Crippen molar-refractivity contribution in [2.75, 3.05) is 13.7 Å². The molecule has 1 aromatic rings. The molecule has 1 saturated heterocycles. The van der Waals surface area contributed by atoms with E-state index in [1.54, 1.807) is 38.3 Å². The van der Waals surface area contributed by atoms with E-state index >= 15 is 0 Å². The summed E-state index contributed by atoms with van der Waals surface area (Å²) in [7, 11) is 1.56. The zero-order valence-corrected chi connectivity index (χ0v) is 11.8. The zero-order valence-electron chi connectivity index (χ0n) is 11.8. The quantitative estimate of drug-likeness (QED) is 0.919. The number of carboxylic acids is 1. The minimum atomic E-state index is -1.12. The van der Waals surface area contributed by atoms with Gasteiger partial charge in [-0.2, -0.15) is 0 Å². The fraction of sp³-hybridized carbons (Fsp3) is 0.467. The Bertz CT molecular complexity index is 511. The van der Waals surface area contributed by atoms with Gasteiger partial charge in [-0.25, -0.2) is 4.79 Å². The normalized spacial score (nSPS) is 22.4. The topological polar surface area (TPSA) is 66.8 Å². The van der Waals surface area contributed by atoms with Crippen molar-refractivity contribution >= 4 is 11.9 Å². The lowest BCUT2D eigenvalue weighted by atomic mass is 9.88. The van der Waals surface area contributed by atoms with Gasteiger partial charge >= 0.3 is 5.97 Å². The number of rotatable bonds is 3. The first-order valence-electron chi connectivity index (χ1n) is 6.68. The number of amides is 1. The van der Waals surface area contributed by atoms with Crippen molar-refractivity contribution in [3.05, 3.63) is 29.8 Å². The summed E-state index contributed by atoms with van der Waals surface area (Å²) in [5.41, 5.74) is -0.630. The lowest BCUT2D eigenvalue weighted by Gasteiger charge is -2.41. The Labute approximate surface area is 118 Å². The third-order valence-corrected chi connectivity index (χ3v) is 3.93. The van der Waals surface area contributed by atoms with Crippen molar-refractivity contribution in [2.24, 2.45) is 0 Å². The van der Waals surface area contributed by atoms with E-state index in [-0.39, 0.29) is 5.91 Å². The molecule has 1 atom stereocenters. The van der Waals surface area contributed by atoms with Crippen molar-refractivity contribution < 1.29 is 19.4 Å². The van der Waals surface area contributed by atoms with Crippen LogP contribution in [0, 0.1) is 0 Å². The first kappa shape index (κ1) is 14.4. The van der Waals surface area contributed by atoms with E-state index in [2.05, 4.69) is 0 Å². The van der Waals surface area contributed by atoms with E-state index in [4.69, 9.17) is 4.74 Å². The highest BCUT2D eigenvalue weighted by Crippen LogP contribution is 2.30. The Balaban J connectivity index is 2.27. The van der Waals surface area contributed by atoms with Gasteiger partial charge in [-0.3, -0.25) is 4.79 Å². The van der Waals surface area contributed by atoms with Gasteiger partial charge in [-0.1, -0.05) is 0 Å². The number of hydrogen-bond donors (Lipinski definition) is 1. The Morgan fingerprint density at radius 3 is 2.45 bits per heavy atom. The molecule has 108 valence electrons. The second-order valence-corrected chi connectivity index (χ2v) is 5.22. The lowest BCUT2D eigenvalue weighted by molar-refractivity contribution is -0.150. The van der Waals surface area contributed by atoms with Crippen molar-refractivity contribution in [3.63, 3.8) is 0 Å². The van der Waals surface area contributed by atoms with Crippen LogP contribution in [-0.4, -0.2) is 41.1 Å². The van der Waals surface area contributed by atoms with Crippen LogP contribution in [0.1, 0.15) is 36.5 Å². The van der Waals surface area contributed by atoms with Crippen molar-refractivity contribution in [3.8, 4) is 5.75 Å². The highest BCUT2D eigenvalue weighted by Gasteiger charge is 2.44. The van der Waals surface area contributed by atoms with E-state index in [9.17, 15) is 14.7 Å². The van der Waals surface area contributed by atoms with E-state index in [0.29, 0.717) is 24.3 Å². The number of carboxylic acid groups (broad SMARTS) is 1. The molecule has 20 heavy (non-hydrogen) atoms. The molecule has 0 radical (unpaired) electrons. The minimum Gasteiger partial charge on any atom is -0.497 e. The first-order chi connectivity index (χ1) is 9.49. The van der Waals surface area contributed by atoms with Crippen molar-refractivity contribution in [1.29, 1.82) is 0 Å². The van der Waals surface area contributed by atoms with Crippen LogP contribution in [0.5, 0.6) is 5.75 Å². The Kier molecular flexibility index (Phi) is 3.97. The molecule has 5 heteroatoms. The molecule has 1 fully saturated rings. The summed E-state index contributed by atoms with van der Waals surface area (Å²) in [6.45, 7) is 2.10. The molecule has 1 amide bonds. The van der Waals surface area contributed by atoms with Crippen LogP contribution in [0.4, 0.5) is 0 Å². The third kappa shape index (κ3) is 2.48. The summed E-state index contributed by atoms with van der Waals surface area (Å²) in [6.07, 6.45) is 2.16. The zero-order chi connectivity index (χ0) is 14.8. The fourth-order valence-corrected chi connectivity index (χ4v) is 2.56. The molecule has 0 aliphatic carbocycles. The highest BCUT2D eigenvalue weighted by molar-refractivity contribution is 5.98. The van der Waals surface area contributed by atoms with Crippen LogP contribution < -0.4 is 4.74 Å². The number of piperidine rings is 1. The number of aliphatic carboxylic acids is 1. The third-order valence-electron chi connectivity index (χ3n) is 3.93. The SMILES string of the molecule is COc1ccc(C(=O)N2CCCCC2(C)C(=O)O)cc1. The molecule has 0 bridgehead atoms. The minimum absolute atomic E-state index is 0.239. The molecule has 1 aliphatic heterocycles. The number of carbonyl (C=O) groups excluding carboxylic acids is 1. The standard InChI is InChI=1S/C15H19NO4/c1-15(14(18)19)9-3-4-10-16(15)13(17)11-5-7-12(20-2)8-6-11/h5-8H,3-4,9-10H2,1-2H3,(H,18,19). The molecular weight excluding hydrogens is 258 g/mol. The second-order valence-electron chi connectivity index (χ2n) is 5.22. The van der Waals surface area contributed by atoms with Crippen LogP contribution in [-0.2, 0) is 4.79 Å². The molecule has 1 unspecified atom stereocenters. The first-order valence-corrected chi connectivity index (χ1v) is 6.68.